The second kappa shape index (κ2) is 8.12. The first-order valence-corrected chi connectivity index (χ1v) is 8.97. The smallest absolute Gasteiger partial charge is 0.305 e. The summed E-state index contributed by atoms with van der Waals surface area (Å²) in [7, 11) is 0. The van der Waals surface area contributed by atoms with Gasteiger partial charge in [-0.05, 0) is 26.0 Å². The van der Waals surface area contributed by atoms with Gasteiger partial charge >= 0.3 is 5.97 Å². The molecule has 0 radical (unpaired) electrons. The Bertz CT molecular complexity index is 700. The SMILES string of the molecule is Cc1nc(CSc2ccccc2C(=O)NC(C)CC(=O)O)cs1. The van der Waals surface area contributed by atoms with Gasteiger partial charge in [0.1, 0.15) is 0 Å². The summed E-state index contributed by atoms with van der Waals surface area (Å²) in [5.41, 5.74) is 1.55. The van der Waals surface area contributed by atoms with Crippen molar-refractivity contribution < 1.29 is 14.7 Å². The number of thioether (sulfide) groups is 1. The molecule has 1 unspecified atom stereocenters. The molecule has 0 aliphatic rings. The second-order valence-corrected chi connectivity index (χ2v) is 7.19. The first-order chi connectivity index (χ1) is 11.0. The Morgan fingerprint density at radius 1 is 1.39 bits per heavy atom. The van der Waals surface area contributed by atoms with Gasteiger partial charge in [0.15, 0.2) is 0 Å². The van der Waals surface area contributed by atoms with Crippen molar-refractivity contribution in [3.8, 4) is 0 Å². The molecule has 122 valence electrons. The van der Waals surface area contributed by atoms with E-state index in [0.29, 0.717) is 11.3 Å². The third-order valence-electron chi connectivity index (χ3n) is 3.03. The molecule has 0 spiro atoms. The predicted octanol–water partition coefficient (Wildman–Crippen LogP) is 3.34. The highest BCUT2D eigenvalue weighted by atomic mass is 32.2. The largest absolute Gasteiger partial charge is 0.481 e. The van der Waals surface area contributed by atoms with Crippen molar-refractivity contribution in [2.45, 2.75) is 37.0 Å². The van der Waals surface area contributed by atoms with E-state index in [1.165, 1.54) is 0 Å². The normalized spacial score (nSPS) is 11.9. The van der Waals surface area contributed by atoms with Gasteiger partial charge in [0.25, 0.3) is 5.91 Å². The summed E-state index contributed by atoms with van der Waals surface area (Å²) in [5.74, 6) is -0.491. The number of thiazole rings is 1. The molecule has 2 N–H and O–H groups in total. The van der Waals surface area contributed by atoms with Crippen LogP contribution >= 0.6 is 23.1 Å². The van der Waals surface area contributed by atoms with Crippen molar-refractivity contribution in [1.29, 1.82) is 0 Å². The number of nitrogens with zero attached hydrogens (tertiary/aromatic N) is 1. The first kappa shape index (κ1) is 17.5. The van der Waals surface area contributed by atoms with Crippen LogP contribution in [0.25, 0.3) is 0 Å². The molecule has 0 bridgehead atoms. The maximum absolute atomic E-state index is 12.3. The molecule has 2 aromatic rings. The number of rotatable bonds is 7. The quantitative estimate of drug-likeness (QED) is 0.749. The molecule has 0 fully saturated rings. The highest BCUT2D eigenvalue weighted by Crippen LogP contribution is 2.26. The van der Waals surface area contributed by atoms with Gasteiger partial charge in [0.2, 0.25) is 0 Å². The van der Waals surface area contributed by atoms with E-state index in [2.05, 4.69) is 10.3 Å². The molecule has 1 heterocycles. The summed E-state index contributed by atoms with van der Waals surface area (Å²) in [4.78, 5) is 28.3. The van der Waals surface area contributed by atoms with E-state index in [4.69, 9.17) is 5.11 Å². The van der Waals surface area contributed by atoms with Crippen LogP contribution in [0, 0.1) is 6.92 Å². The lowest BCUT2D eigenvalue weighted by molar-refractivity contribution is -0.137. The first-order valence-electron chi connectivity index (χ1n) is 7.11. The third-order valence-corrected chi connectivity index (χ3v) is 4.96. The third kappa shape index (κ3) is 5.37. The minimum Gasteiger partial charge on any atom is -0.481 e. The molecule has 5 nitrogen and oxygen atoms in total. The predicted molar refractivity (Wildman–Crippen MR) is 92.0 cm³/mol. The fourth-order valence-corrected chi connectivity index (χ4v) is 3.68. The molecule has 1 amide bonds. The van der Waals surface area contributed by atoms with Crippen LogP contribution in [0.15, 0.2) is 34.5 Å². The van der Waals surface area contributed by atoms with Gasteiger partial charge < -0.3 is 10.4 Å². The van der Waals surface area contributed by atoms with E-state index in [1.807, 2.05) is 24.4 Å². The van der Waals surface area contributed by atoms with Gasteiger partial charge in [-0.1, -0.05) is 12.1 Å². The zero-order valence-corrected chi connectivity index (χ0v) is 14.5. The molecule has 0 aliphatic carbocycles. The van der Waals surface area contributed by atoms with Gasteiger partial charge in [0.05, 0.1) is 22.7 Å². The molecule has 23 heavy (non-hydrogen) atoms. The van der Waals surface area contributed by atoms with Crippen LogP contribution < -0.4 is 5.32 Å². The Morgan fingerprint density at radius 3 is 2.78 bits per heavy atom. The van der Waals surface area contributed by atoms with E-state index in [0.717, 1.165) is 15.6 Å². The molecule has 1 atom stereocenters. The Labute approximate surface area is 143 Å². The standard InChI is InChI=1S/C16H18N2O3S2/c1-10(7-15(19)20)17-16(21)13-5-3-4-6-14(13)23-9-12-8-22-11(2)18-12/h3-6,8,10H,7,9H2,1-2H3,(H,17,21)(H,19,20). The summed E-state index contributed by atoms with van der Waals surface area (Å²) >= 11 is 3.15. The number of carboxylic acid groups (broad SMARTS) is 1. The van der Waals surface area contributed by atoms with Crippen molar-refractivity contribution in [1.82, 2.24) is 10.3 Å². The monoisotopic (exact) mass is 350 g/mol. The van der Waals surface area contributed by atoms with E-state index >= 15 is 0 Å². The number of hydrogen-bond donors (Lipinski definition) is 2. The number of aryl methyl sites for hydroxylation is 1. The summed E-state index contributed by atoms with van der Waals surface area (Å²) < 4.78 is 0. The van der Waals surface area contributed by atoms with Crippen LogP contribution in [-0.4, -0.2) is 28.0 Å². The fourth-order valence-electron chi connectivity index (χ4n) is 2.02. The lowest BCUT2D eigenvalue weighted by Crippen LogP contribution is -2.34. The average molecular weight is 350 g/mol. The molecular formula is C16H18N2O3S2. The van der Waals surface area contributed by atoms with E-state index in [9.17, 15) is 9.59 Å². The number of carbonyl (C=O) groups excluding carboxylic acids is 1. The topological polar surface area (TPSA) is 79.3 Å². The van der Waals surface area contributed by atoms with E-state index in [1.54, 1.807) is 42.2 Å². The van der Waals surface area contributed by atoms with E-state index in [-0.39, 0.29) is 12.3 Å². The minimum atomic E-state index is -0.931. The number of hydrogen-bond acceptors (Lipinski definition) is 5. The van der Waals surface area contributed by atoms with Crippen molar-refractivity contribution in [2.75, 3.05) is 0 Å². The number of aliphatic carboxylic acids is 1. The van der Waals surface area contributed by atoms with Crippen LogP contribution in [0.5, 0.6) is 0 Å². The summed E-state index contributed by atoms with van der Waals surface area (Å²) in [6.45, 7) is 3.64. The zero-order chi connectivity index (χ0) is 16.8. The Balaban J connectivity index is 2.04. The maximum atomic E-state index is 12.3. The van der Waals surface area contributed by atoms with Gasteiger partial charge in [-0.3, -0.25) is 9.59 Å². The summed E-state index contributed by atoms with van der Waals surface area (Å²) in [6, 6.07) is 6.90. The fraction of sp³-hybridized carbons (Fsp3) is 0.312. The molecular weight excluding hydrogens is 332 g/mol. The van der Waals surface area contributed by atoms with Gasteiger partial charge in [-0.15, -0.1) is 23.1 Å². The van der Waals surface area contributed by atoms with Crippen LogP contribution in [0.4, 0.5) is 0 Å². The van der Waals surface area contributed by atoms with Crippen LogP contribution in [0.1, 0.15) is 34.4 Å². The number of nitrogens with one attached hydrogen (secondary N) is 1. The summed E-state index contributed by atoms with van der Waals surface area (Å²) in [6.07, 6.45) is -0.0981. The molecule has 0 saturated heterocycles. The van der Waals surface area contributed by atoms with Crippen molar-refractivity contribution >= 4 is 35.0 Å². The second-order valence-electron chi connectivity index (χ2n) is 5.12. The van der Waals surface area contributed by atoms with Gasteiger partial charge in [-0.2, -0.15) is 0 Å². The maximum Gasteiger partial charge on any atom is 0.305 e. The van der Waals surface area contributed by atoms with E-state index < -0.39 is 12.0 Å². The number of amides is 1. The van der Waals surface area contributed by atoms with Crippen LogP contribution in [0.2, 0.25) is 0 Å². The number of benzene rings is 1. The van der Waals surface area contributed by atoms with Crippen molar-refractivity contribution in [2.24, 2.45) is 0 Å². The highest BCUT2D eigenvalue weighted by molar-refractivity contribution is 7.98. The summed E-state index contributed by atoms with van der Waals surface area (Å²) in [5, 5.41) is 14.5. The zero-order valence-electron chi connectivity index (χ0n) is 12.9. The lowest BCUT2D eigenvalue weighted by Gasteiger charge is -2.13. The van der Waals surface area contributed by atoms with Gasteiger partial charge in [0, 0.05) is 22.1 Å². The number of carbonyl (C=O) groups is 2. The van der Waals surface area contributed by atoms with Crippen molar-refractivity contribution in [3.05, 3.63) is 45.9 Å². The average Bonchev–Trinajstić information content (AvgIpc) is 2.90. The Hall–Kier alpha value is -1.86. The van der Waals surface area contributed by atoms with Crippen LogP contribution in [0.3, 0.4) is 0 Å². The van der Waals surface area contributed by atoms with Crippen LogP contribution in [-0.2, 0) is 10.5 Å². The lowest BCUT2D eigenvalue weighted by atomic mass is 10.2. The molecule has 1 aromatic heterocycles. The Morgan fingerprint density at radius 2 is 2.13 bits per heavy atom. The highest BCUT2D eigenvalue weighted by Gasteiger charge is 2.15. The minimum absolute atomic E-state index is 0.0981. The Kier molecular flexibility index (Phi) is 6.18. The molecule has 0 aliphatic heterocycles. The van der Waals surface area contributed by atoms with Gasteiger partial charge in [-0.25, -0.2) is 4.98 Å². The molecule has 7 heteroatoms. The molecule has 1 aromatic carbocycles. The molecule has 2 rings (SSSR count). The number of carboxylic acids is 1. The number of aromatic nitrogens is 1. The molecule has 0 saturated carbocycles. The van der Waals surface area contributed by atoms with Crippen molar-refractivity contribution in [3.63, 3.8) is 0 Å².